The summed E-state index contributed by atoms with van der Waals surface area (Å²) in [5, 5.41) is 59.2. The number of carbonyl (C=O) groups excluding carboxylic acids is 3. The normalized spacial score (nSPS) is 31.3. The number of benzene rings is 2. The summed E-state index contributed by atoms with van der Waals surface area (Å²) in [6.45, 7) is 15.3. The van der Waals surface area contributed by atoms with Crippen LogP contribution in [0.1, 0.15) is 71.3 Å². The first-order valence-electron chi connectivity index (χ1n) is 18.6. The standard InChI is InChI=1S/C41H56N2O12/c1-11-43(12-2)29(44)19-53-28-18-26-37(49)31-30(28)32-38(25(8)36(31)48)55-41(9,39(32)50)54-17-16-27(52-10)22(5)34(46)24(7)35(47)23(6)33(45)20(3)14-13-15-21(4)40(51)42-26/h13-18,20,22-24,27,33-35,45-49H,11-12,19H2,1-10H3,(H,42,51)/b14-13+,17-16+,21-15-/t20-,22-,23+,24+,27-,33-,34+,35+,41-/m0/s1. The van der Waals surface area contributed by atoms with Gasteiger partial charge in [0.05, 0.1) is 47.3 Å². The predicted molar refractivity (Wildman–Crippen MR) is 206 cm³/mol. The average molecular weight is 769 g/mol. The number of ketones is 1. The van der Waals surface area contributed by atoms with Gasteiger partial charge in [-0.15, -0.1) is 0 Å². The van der Waals surface area contributed by atoms with E-state index >= 15 is 0 Å². The topological polar surface area (TPSA) is 205 Å². The molecule has 0 saturated carbocycles. The van der Waals surface area contributed by atoms with Crippen molar-refractivity contribution in [3.8, 4) is 23.0 Å². The Morgan fingerprint density at radius 3 is 2.16 bits per heavy atom. The van der Waals surface area contributed by atoms with E-state index in [0.717, 1.165) is 0 Å². The Kier molecular flexibility index (Phi) is 13.7. The van der Waals surface area contributed by atoms with E-state index in [9.17, 15) is 39.9 Å². The SMILES string of the molecule is CCN(CC)C(=O)COc1cc2c(O)c3c(O)c(C)c4c(c13)C(=O)[C@@](C)(O/C=C/[C@H](OC)[C@H](C)[C@@H](O)[C@@H](C)[C@H](O)[C@H](C)[C@@H](O)[C@@H](C)/C=C/C=C(/C)C(=O)N2)O4. The number of aliphatic hydroxyl groups is 3. The number of aliphatic hydroxyl groups excluding tert-OH is 3. The third-order valence-corrected chi connectivity index (χ3v) is 11.0. The molecule has 0 aromatic heterocycles. The van der Waals surface area contributed by atoms with Gasteiger partial charge >= 0.3 is 5.79 Å². The molecule has 2 aromatic carbocycles. The average Bonchev–Trinajstić information content (AvgIpc) is 3.43. The molecule has 0 aliphatic carbocycles. The van der Waals surface area contributed by atoms with Crippen LogP contribution in [0.25, 0.3) is 10.8 Å². The molecule has 5 rings (SSSR count). The number of allylic oxidation sites excluding steroid dienone is 2. The van der Waals surface area contributed by atoms with E-state index in [1.54, 1.807) is 44.7 Å². The molecule has 0 spiro atoms. The molecular formula is C41H56N2O12. The van der Waals surface area contributed by atoms with Crippen LogP contribution in [-0.2, 0) is 19.1 Å². The molecule has 3 aliphatic heterocycles. The van der Waals surface area contributed by atoms with Crippen molar-refractivity contribution >= 4 is 34.1 Å². The minimum atomic E-state index is -1.99. The number of nitrogens with zero attached hydrogens (tertiary/aromatic N) is 1. The molecule has 55 heavy (non-hydrogen) atoms. The molecule has 5 bridgehead atoms. The number of Topliss-reactive ketones (excluding diaryl/α,β-unsaturated/α-hetero) is 1. The highest BCUT2D eigenvalue weighted by Crippen LogP contribution is 2.54. The van der Waals surface area contributed by atoms with Crippen molar-refractivity contribution < 1.29 is 58.9 Å². The molecule has 14 nitrogen and oxygen atoms in total. The Labute approximate surface area is 322 Å². The highest BCUT2D eigenvalue weighted by atomic mass is 16.7. The number of methoxy groups -OCH3 is 1. The lowest BCUT2D eigenvalue weighted by atomic mass is 9.78. The van der Waals surface area contributed by atoms with E-state index in [1.165, 1.54) is 52.4 Å². The molecule has 0 fully saturated rings. The largest absolute Gasteiger partial charge is 0.507 e. The maximum atomic E-state index is 14.3. The number of hydrogen-bond acceptors (Lipinski definition) is 12. The van der Waals surface area contributed by atoms with Gasteiger partial charge in [-0.3, -0.25) is 14.4 Å². The van der Waals surface area contributed by atoms with Crippen molar-refractivity contribution in [2.45, 2.75) is 92.5 Å². The number of likely N-dealkylation sites (N-methyl/N-ethyl adjacent to an activating group) is 1. The number of rotatable bonds is 6. The first-order chi connectivity index (χ1) is 25.8. The first-order valence-corrected chi connectivity index (χ1v) is 18.6. The molecule has 9 atom stereocenters. The summed E-state index contributed by atoms with van der Waals surface area (Å²) in [7, 11) is 1.44. The van der Waals surface area contributed by atoms with Crippen molar-refractivity contribution in [1.82, 2.24) is 4.90 Å². The second-order valence-corrected chi connectivity index (χ2v) is 14.7. The van der Waals surface area contributed by atoms with Crippen molar-refractivity contribution in [3.05, 3.63) is 53.3 Å². The molecule has 0 saturated heterocycles. The highest BCUT2D eigenvalue weighted by Gasteiger charge is 2.49. The van der Waals surface area contributed by atoms with Crippen molar-refractivity contribution in [1.29, 1.82) is 0 Å². The van der Waals surface area contributed by atoms with Gasteiger partial charge in [0.1, 0.15) is 17.2 Å². The van der Waals surface area contributed by atoms with E-state index in [2.05, 4.69) is 5.32 Å². The highest BCUT2D eigenvalue weighted by molar-refractivity contribution is 6.21. The molecule has 6 N–H and O–H groups in total. The maximum absolute atomic E-state index is 14.3. The lowest BCUT2D eigenvalue weighted by Crippen LogP contribution is -2.44. The van der Waals surface area contributed by atoms with Crippen LogP contribution in [0.5, 0.6) is 23.0 Å². The Morgan fingerprint density at radius 1 is 0.927 bits per heavy atom. The minimum absolute atomic E-state index is 0.0430. The van der Waals surface area contributed by atoms with Crippen LogP contribution in [0, 0.1) is 30.6 Å². The van der Waals surface area contributed by atoms with Gasteiger partial charge in [0.2, 0.25) is 0 Å². The third kappa shape index (κ3) is 8.47. The Morgan fingerprint density at radius 2 is 1.55 bits per heavy atom. The van der Waals surface area contributed by atoms with Gasteiger partial charge in [-0.2, -0.15) is 0 Å². The maximum Gasteiger partial charge on any atom is 0.312 e. The molecular weight excluding hydrogens is 712 g/mol. The Hall–Kier alpha value is -4.63. The summed E-state index contributed by atoms with van der Waals surface area (Å²) >= 11 is 0. The van der Waals surface area contributed by atoms with E-state index in [0.29, 0.717) is 13.1 Å². The minimum Gasteiger partial charge on any atom is -0.507 e. The molecule has 0 unspecified atom stereocenters. The molecule has 14 heteroatoms. The van der Waals surface area contributed by atoms with Gasteiger partial charge in [-0.05, 0) is 33.8 Å². The third-order valence-electron chi connectivity index (χ3n) is 11.0. The van der Waals surface area contributed by atoms with Gasteiger partial charge in [0.15, 0.2) is 12.4 Å². The van der Waals surface area contributed by atoms with Gasteiger partial charge < -0.3 is 54.7 Å². The number of ether oxygens (including phenoxy) is 4. The van der Waals surface area contributed by atoms with E-state index < -0.39 is 83.7 Å². The van der Waals surface area contributed by atoms with Crippen LogP contribution in [0.3, 0.4) is 0 Å². The molecule has 2 aromatic rings. The van der Waals surface area contributed by atoms with Crippen LogP contribution in [-0.4, -0.2) is 105 Å². The summed E-state index contributed by atoms with van der Waals surface area (Å²) in [6, 6.07) is 1.27. The van der Waals surface area contributed by atoms with Crippen LogP contribution < -0.4 is 14.8 Å². The lowest BCUT2D eigenvalue weighted by molar-refractivity contribution is -0.132. The zero-order valence-electron chi connectivity index (χ0n) is 33.2. The lowest BCUT2D eigenvalue weighted by Gasteiger charge is -2.36. The molecule has 3 heterocycles. The fraction of sp³-hybridized carbons (Fsp3) is 0.537. The monoisotopic (exact) mass is 768 g/mol. The van der Waals surface area contributed by atoms with E-state index in [4.69, 9.17) is 18.9 Å². The Balaban J connectivity index is 1.92. The van der Waals surface area contributed by atoms with Gasteiger partial charge in [0, 0.05) is 73.4 Å². The zero-order valence-corrected chi connectivity index (χ0v) is 33.2. The summed E-state index contributed by atoms with van der Waals surface area (Å²) < 4.78 is 23.7. The van der Waals surface area contributed by atoms with E-state index in [1.807, 2.05) is 13.8 Å². The predicted octanol–water partition coefficient (Wildman–Crippen LogP) is 4.72. The molecule has 2 amide bonds. The van der Waals surface area contributed by atoms with Gasteiger partial charge in [-0.1, -0.05) is 45.9 Å². The summed E-state index contributed by atoms with van der Waals surface area (Å²) in [4.78, 5) is 42.4. The zero-order chi connectivity index (χ0) is 41.1. The van der Waals surface area contributed by atoms with Crippen LogP contribution in [0.4, 0.5) is 5.69 Å². The Bertz CT molecular complexity index is 1870. The number of hydrogen-bond donors (Lipinski definition) is 6. The van der Waals surface area contributed by atoms with Crippen LogP contribution in [0.15, 0.2) is 42.2 Å². The van der Waals surface area contributed by atoms with Gasteiger partial charge in [0.25, 0.3) is 17.6 Å². The van der Waals surface area contributed by atoms with Crippen LogP contribution >= 0.6 is 0 Å². The van der Waals surface area contributed by atoms with Crippen molar-refractivity contribution in [3.63, 3.8) is 0 Å². The smallest absolute Gasteiger partial charge is 0.312 e. The first kappa shape index (κ1) is 43.1. The molecule has 302 valence electrons. The summed E-state index contributed by atoms with van der Waals surface area (Å²) in [5.74, 6) is -7.25. The number of fused-ring (bicyclic) bond motifs is 14. The summed E-state index contributed by atoms with van der Waals surface area (Å²) in [5.41, 5.74) is 0.0409. The number of phenols is 2. The molecule has 0 radical (unpaired) electrons. The fourth-order valence-corrected chi connectivity index (χ4v) is 7.16. The number of amides is 2. The number of anilines is 1. The van der Waals surface area contributed by atoms with Gasteiger partial charge in [-0.25, -0.2) is 0 Å². The van der Waals surface area contributed by atoms with E-state index in [-0.39, 0.29) is 50.6 Å². The van der Waals surface area contributed by atoms with Crippen molar-refractivity contribution in [2.75, 3.05) is 32.1 Å². The number of nitrogens with one attached hydrogen (secondary N) is 1. The number of phenolic OH excluding ortho intramolecular Hbond substituents is 2. The second-order valence-electron chi connectivity index (χ2n) is 14.7. The fourth-order valence-electron chi connectivity index (χ4n) is 7.16. The molecule has 3 aliphatic rings. The summed E-state index contributed by atoms with van der Waals surface area (Å²) in [6.07, 6.45) is 3.52. The van der Waals surface area contributed by atoms with Crippen LogP contribution in [0.2, 0.25) is 0 Å². The number of aromatic hydroxyl groups is 2. The second kappa shape index (κ2) is 17.4. The van der Waals surface area contributed by atoms with Crippen molar-refractivity contribution in [2.24, 2.45) is 23.7 Å². The number of carbonyl (C=O) groups is 3. The quantitative estimate of drug-likeness (QED) is 0.221.